The first-order valence-corrected chi connectivity index (χ1v) is 6.11. The first kappa shape index (κ1) is 13.1. The second-order valence-corrected chi connectivity index (χ2v) is 4.19. The molecule has 6 heteroatoms. The van der Waals surface area contributed by atoms with E-state index in [4.69, 9.17) is 0 Å². The molecule has 0 atom stereocenters. The number of rotatable bonds is 5. The Morgan fingerprint density at radius 1 is 1.42 bits per heavy atom. The molecule has 0 bridgehead atoms. The van der Waals surface area contributed by atoms with Crippen molar-refractivity contribution >= 4 is 11.7 Å². The Balaban J connectivity index is 1.87. The highest BCUT2D eigenvalue weighted by molar-refractivity contribution is 5.92. The molecule has 2 aromatic rings. The van der Waals surface area contributed by atoms with Gasteiger partial charge in [-0.15, -0.1) is 0 Å². The zero-order chi connectivity index (χ0) is 13.7. The van der Waals surface area contributed by atoms with E-state index in [0.717, 1.165) is 5.56 Å². The van der Waals surface area contributed by atoms with Crippen molar-refractivity contribution in [3.05, 3.63) is 41.9 Å². The highest BCUT2D eigenvalue weighted by Gasteiger charge is 2.06. The molecular formula is C13H17N5O. The Hall–Kier alpha value is -2.37. The lowest BCUT2D eigenvalue weighted by Gasteiger charge is -2.06. The molecule has 6 nitrogen and oxygen atoms in total. The third-order valence-corrected chi connectivity index (χ3v) is 2.63. The molecule has 0 aliphatic carbocycles. The molecule has 0 aromatic carbocycles. The average molecular weight is 259 g/mol. The molecule has 0 saturated heterocycles. The van der Waals surface area contributed by atoms with Gasteiger partial charge in [0.1, 0.15) is 11.5 Å². The molecule has 0 aliphatic heterocycles. The topological polar surface area (TPSA) is 71.8 Å². The van der Waals surface area contributed by atoms with Crippen LogP contribution in [0.3, 0.4) is 0 Å². The van der Waals surface area contributed by atoms with E-state index in [1.165, 1.54) is 0 Å². The fraction of sp³-hybridized carbons (Fsp3) is 0.308. The van der Waals surface area contributed by atoms with Crippen LogP contribution in [-0.4, -0.2) is 34.3 Å². The number of nitrogens with zero attached hydrogens (tertiary/aromatic N) is 3. The molecule has 2 N–H and O–H groups in total. The van der Waals surface area contributed by atoms with Crippen LogP contribution in [0.15, 0.2) is 30.6 Å². The van der Waals surface area contributed by atoms with E-state index in [2.05, 4.69) is 20.7 Å². The summed E-state index contributed by atoms with van der Waals surface area (Å²) in [7, 11) is 1.77. The van der Waals surface area contributed by atoms with Gasteiger partial charge in [0.05, 0.1) is 12.7 Å². The van der Waals surface area contributed by atoms with Crippen LogP contribution in [0.4, 0.5) is 5.82 Å². The van der Waals surface area contributed by atoms with Crippen molar-refractivity contribution in [2.45, 2.75) is 13.5 Å². The molecular weight excluding hydrogens is 242 g/mol. The molecule has 2 rings (SSSR count). The van der Waals surface area contributed by atoms with Gasteiger partial charge in [0.2, 0.25) is 0 Å². The molecule has 0 unspecified atom stereocenters. The minimum Gasteiger partial charge on any atom is -0.373 e. The lowest BCUT2D eigenvalue weighted by molar-refractivity contribution is 0.0947. The number of nitrogens with one attached hydrogen (secondary N) is 2. The summed E-state index contributed by atoms with van der Waals surface area (Å²) in [6.45, 7) is 3.14. The number of carbonyl (C=O) groups excluding carboxylic acids is 1. The van der Waals surface area contributed by atoms with Crippen LogP contribution < -0.4 is 10.6 Å². The maximum atomic E-state index is 11.9. The van der Waals surface area contributed by atoms with E-state index in [0.29, 0.717) is 24.6 Å². The van der Waals surface area contributed by atoms with Crippen LogP contribution in [0.5, 0.6) is 0 Å². The van der Waals surface area contributed by atoms with Crippen LogP contribution in [0.2, 0.25) is 0 Å². The second kappa shape index (κ2) is 5.99. The fourth-order valence-electron chi connectivity index (χ4n) is 1.66. The first-order valence-electron chi connectivity index (χ1n) is 6.11. The minimum atomic E-state index is -0.180. The molecule has 0 spiro atoms. The molecule has 2 aromatic heterocycles. The van der Waals surface area contributed by atoms with E-state index in [-0.39, 0.29) is 5.91 Å². The van der Waals surface area contributed by atoms with Crippen molar-refractivity contribution in [1.29, 1.82) is 0 Å². The number of anilines is 1. The van der Waals surface area contributed by atoms with E-state index in [1.54, 1.807) is 30.1 Å². The summed E-state index contributed by atoms with van der Waals surface area (Å²) in [5, 5.41) is 9.87. The Kier molecular flexibility index (Phi) is 4.12. The standard InChI is InChI=1S/C13H17N5O/c1-10-8-16-18(9-10)7-6-15-13(19)11-4-3-5-12(14-2)17-11/h3-5,8-9H,6-7H2,1-2H3,(H,14,17)(H,15,19). The van der Waals surface area contributed by atoms with E-state index in [1.807, 2.05) is 19.2 Å². The van der Waals surface area contributed by atoms with E-state index in [9.17, 15) is 4.79 Å². The molecule has 1 amide bonds. The Labute approximate surface area is 111 Å². The summed E-state index contributed by atoms with van der Waals surface area (Å²) in [5.41, 5.74) is 1.51. The predicted molar refractivity (Wildman–Crippen MR) is 73.1 cm³/mol. The smallest absolute Gasteiger partial charge is 0.270 e. The number of aryl methyl sites for hydroxylation is 1. The number of carbonyl (C=O) groups is 1. The Morgan fingerprint density at radius 2 is 2.26 bits per heavy atom. The molecule has 19 heavy (non-hydrogen) atoms. The quantitative estimate of drug-likeness (QED) is 0.842. The number of pyridine rings is 1. The largest absolute Gasteiger partial charge is 0.373 e. The molecule has 100 valence electrons. The Bertz CT molecular complexity index is 564. The first-order chi connectivity index (χ1) is 9.19. The summed E-state index contributed by atoms with van der Waals surface area (Å²) in [6, 6.07) is 5.29. The average Bonchev–Trinajstić information content (AvgIpc) is 2.84. The number of hydrogen-bond donors (Lipinski definition) is 2. The predicted octanol–water partition coefficient (Wildman–Crippen LogP) is 1.06. The number of amides is 1. The van der Waals surface area contributed by atoms with Crippen LogP contribution in [0, 0.1) is 6.92 Å². The number of aromatic nitrogens is 3. The van der Waals surface area contributed by atoms with Crippen molar-refractivity contribution in [3.8, 4) is 0 Å². The molecule has 2 heterocycles. The van der Waals surface area contributed by atoms with Crippen LogP contribution in [0.25, 0.3) is 0 Å². The molecule has 0 radical (unpaired) electrons. The van der Waals surface area contributed by atoms with Gasteiger partial charge in [0.15, 0.2) is 0 Å². The van der Waals surface area contributed by atoms with Crippen LogP contribution in [-0.2, 0) is 6.54 Å². The van der Waals surface area contributed by atoms with Gasteiger partial charge in [-0.05, 0) is 24.6 Å². The fourth-order valence-corrected chi connectivity index (χ4v) is 1.66. The van der Waals surface area contributed by atoms with Crippen molar-refractivity contribution in [2.24, 2.45) is 0 Å². The maximum Gasteiger partial charge on any atom is 0.270 e. The van der Waals surface area contributed by atoms with E-state index >= 15 is 0 Å². The highest BCUT2D eigenvalue weighted by atomic mass is 16.1. The van der Waals surface area contributed by atoms with Gasteiger partial charge in [-0.25, -0.2) is 4.98 Å². The zero-order valence-electron chi connectivity index (χ0n) is 11.1. The van der Waals surface area contributed by atoms with Crippen molar-refractivity contribution in [3.63, 3.8) is 0 Å². The van der Waals surface area contributed by atoms with Crippen molar-refractivity contribution in [1.82, 2.24) is 20.1 Å². The van der Waals surface area contributed by atoms with Crippen molar-refractivity contribution in [2.75, 3.05) is 18.9 Å². The van der Waals surface area contributed by atoms with Gasteiger partial charge in [-0.3, -0.25) is 9.48 Å². The normalized spacial score (nSPS) is 10.2. The van der Waals surface area contributed by atoms with Gasteiger partial charge >= 0.3 is 0 Å². The lowest BCUT2D eigenvalue weighted by Crippen LogP contribution is -2.28. The van der Waals surface area contributed by atoms with E-state index < -0.39 is 0 Å². The summed E-state index contributed by atoms with van der Waals surface area (Å²) in [6.07, 6.45) is 3.73. The van der Waals surface area contributed by atoms with Crippen molar-refractivity contribution < 1.29 is 4.79 Å². The summed E-state index contributed by atoms with van der Waals surface area (Å²) >= 11 is 0. The van der Waals surface area contributed by atoms with Gasteiger partial charge in [0, 0.05) is 19.8 Å². The third-order valence-electron chi connectivity index (χ3n) is 2.63. The summed E-state index contributed by atoms with van der Waals surface area (Å²) in [4.78, 5) is 16.1. The second-order valence-electron chi connectivity index (χ2n) is 4.19. The maximum absolute atomic E-state index is 11.9. The minimum absolute atomic E-state index is 0.180. The van der Waals surface area contributed by atoms with Crippen LogP contribution >= 0.6 is 0 Å². The van der Waals surface area contributed by atoms with Gasteiger partial charge < -0.3 is 10.6 Å². The zero-order valence-corrected chi connectivity index (χ0v) is 11.1. The SMILES string of the molecule is CNc1cccc(C(=O)NCCn2cc(C)cn2)n1. The van der Waals surface area contributed by atoms with Crippen LogP contribution in [0.1, 0.15) is 16.1 Å². The third kappa shape index (κ3) is 3.54. The molecule has 0 aliphatic rings. The van der Waals surface area contributed by atoms with Gasteiger partial charge in [-0.2, -0.15) is 5.10 Å². The summed E-state index contributed by atoms with van der Waals surface area (Å²) in [5.74, 6) is 0.497. The van der Waals surface area contributed by atoms with Gasteiger partial charge in [0.25, 0.3) is 5.91 Å². The molecule has 0 fully saturated rings. The Morgan fingerprint density at radius 3 is 2.95 bits per heavy atom. The molecule has 0 saturated carbocycles. The monoisotopic (exact) mass is 259 g/mol. The number of hydrogen-bond acceptors (Lipinski definition) is 4. The summed E-state index contributed by atoms with van der Waals surface area (Å²) < 4.78 is 1.80. The highest BCUT2D eigenvalue weighted by Crippen LogP contribution is 2.03. The van der Waals surface area contributed by atoms with Gasteiger partial charge in [-0.1, -0.05) is 6.07 Å². The lowest BCUT2D eigenvalue weighted by atomic mass is 10.3.